The lowest BCUT2D eigenvalue weighted by Crippen LogP contribution is -2.42. The normalized spacial score (nSPS) is 14.6. The van der Waals surface area contributed by atoms with Crippen molar-refractivity contribution < 1.29 is 9.53 Å². The van der Waals surface area contributed by atoms with Gasteiger partial charge in [0, 0.05) is 42.0 Å². The maximum absolute atomic E-state index is 12.7. The minimum atomic E-state index is 0.130. The zero-order valence-corrected chi connectivity index (χ0v) is 17.6. The van der Waals surface area contributed by atoms with E-state index < -0.39 is 0 Å². The summed E-state index contributed by atoms with van der Waals surface area (Å²) in [5.74, 6) is 0.130. The van der Waals surface area contributed by atoms with Gasteiger partial charge in [-0.2, -0.15) is 0 Å². The summed E-state index contributed by atoms with van der Waals surface area (Å²) in [6.45, 7) is 5.12. The third-order valence-corrected chi connectivity index (χ3v) is 5.60. The zero-order valence-electron chi connectivity index (χ0n) is 17.6. The van der Waals surface area contributed by atoms with Crippen LogP contribution in [-0.2, 0) is 22.5 Å². The highest BCUT2D eigenvalue weighted by Gasteiger charge is 2.18. The average Bonchev–Trinajstić information content (AvgIpc) is 3.15. The molecule has 1 fully saturated rings. The van der Waals surface area contributed by atoms with E-state index in [0.717, 1.165) is 28.6 Å². The predicted molar refractivity (Wildman–Crippen MR) is 122 cm³/mol. The summed E-state index contributed by atoms with van der Waals surface area (Å²) in [7, 11) is 0. The highest BCUT2D eigenvalue weighted by Crippen LogP contribution is 2.22. The van der Waals surface area contributed by atoms with E-state index in [-0.39, 0.29) is 5.91 Å². The van der Waals surface area contributed by atoms with Crippen LogP contribution in [-0.4, -0.2) is 47.9 Å². The topological polar surface area (TPSA) is 46.8 Å². The van der Waals surface area contributed by atoms with Crippen molar-refractivity contribution in [2.24, 2.45) is 4.99 Å². The van der Waals surface area contributed by atoms with Crippen LogP contribution in [0.15, 0.2) is 59.7 Å². The van der Waals surface area contributed by atoms with Gasteiger partial charge in [-0.15, -0.1) is 0 Å². The van der Waals surface area contributed by atoms with E-state index in [1.165, 1.54) is 18.4 Å². The number of amides is 1. The fraction of sp³-hybridized carbons (Fsp3) is 0.360. The van der Waals surface area contributed by atoms with Crippen molar-refractivity contribution >= 4 is 28.7 Å². The zero-order chi connectivity index (χ0) is 20.8. The van der Waals surface area contributed by atoms with E-state index >= 15 is 0 Å². The van der Waals surface area contributed by atoms with Gasteiger partial charge in [0.15, 0.2) is 0 Å². The Hall–Kier alpha value is -2.92. The molecule has 0 aliphatic carbocycles. The van der Waals surface area contributed by atoms with Crippen LogP contribution in [0.4, 0.5) is 5.69 Å². The number of ether oxygens (including phenoxy) is 1. The molecule has 3 aromatic rings. The summed E-state index contributed by atoms with van der Waals surface area (Å²) in [5, 5.41) is 1.11. The monoisotopic (exact) mass is 403 g/mol. The van der Waals surface area contributed by atoms with E-state index in [0.29, 0.717) is 32.8 Å². The first kappa shape index (κ1) is 20.4. The number of unbranched alkanes of at least 4 members (excludes halogenated alkanes) is 1. The van der Waals surface area contributed by atoms with Gasteiger partial charge >= 0.3 is 0 Å². The molecule has 0 N–H and O–H groups in total. The molecule has 0 radical (unpaired) electrons. The Morgan fingerprint density at radius 3 is 2.63 bits per heavy atom. The van der Waals surface area contributed by atoms with E-state index in [2.05, 4.69) is 48.3 Å². The molecule has 2 heterocycles. The standard InChI is InChI=1S/C25H29N3O2/c1-2-3-6-20-9-11-22(12-10-20)26-17-21-18-28(24-8-5-4-7-23(21)24)19-25(29)27-13-15-30-16-14-27/h4-5,7-12,17-18H,2-3,6,13-16,19H2,1H3. The van der Waals surface area contributed by atoms with Gasteiger partial charge in [0.1, 0.15) is 6.54 Å². The number of hydrogen-bond acceptors (Lipinski definition) is 3. The molecule has 5 heteroatoms. The average molecular weight is 404 g/mol. The Morgan fingerprint density at radius 1 is 1.10 bits per heavy atom. The molecule has 4 rings (SSSR count). The summed E-state index contributed by atoms with van der Waals surface area (Å²) in [6.07, 6.45) is 7.47. The number of para-hydroxylation sites is 1. The fourth-order valence-corrected chi connectivity index (χ4v) is 3.84. The second-order valence-electron chi connectivity index (χ2n) is 7.75. The first-order valence-corrected chi connectivity index (χ1v) is 10.8. The summed E-state index contributed by atoms with van der Waals surface area (Å²) in [5.41, 5.74) is 4.37. The van der Waals surface area contributed by atoms with Crippen LogP contribution in [0.1, 0.15) is 30.9 Å². The number of benzene rings is 2. The Labute approximate surface area is 178 Å². The van der Waals surface area contributed by atoms with Gasteiger partial charge in [-0.3, -0.25) is 9.79 Å². The number of aromatic nitrogens is 1. The second-order valence-corrected chi connectivity index (χ2v) is 7.75. The lowest BCUT2D eigenvalue weighted by atomic mass is 10.1. The van der Waals surface area contributed by atoms with Crippen LogP contribution >= 0.6 is 0 Å². The second kappa shape index (κ2) is 9.72. The summed E-state index contributed by atoms with van der Waals surface area (Å²) >= 11 is 0. The molecule has 1 aromatic heterocycles. The van der Waals surface area contributed by atoms with Crippen LogP contribution in [0.25, 0.3) is 10.9 Å². The van der Waals surface area contributed by atoms with E-state index in [4.69, 9.17) is 4.74 Å². The van der Waals surface area contributed by atoms with Crippen molar-refractivity contribution in [3.05, 3.63) is 65.9 Å². The molecule has 30 heavy (non-hydrogen) atoms. The summed E-state index contributed by atoms with van der Waals surface area (Å²) in [6, 6.07) is 16.6. The maximum Gasteiger partial charge on any atom is 0.242 e. The highest BCUT2D eigenvalue weighted by atomic mass is 16.5. The number of aryl methyl sites for hydroxylation is 1. The van der Waals surface area contributed by atoms with E-state index in [1.54, 1.807) is 0 Å². The number of rotatable bonds is 7. The first-order valence-electron chi connectivity index (χ1n) is 10.8. The molecule has 1 aliphatic heterocycles. The lowest BCUT2D eigenvalue weighted by molar-refractivity contribution is -0.135. The van der Waals surface area contributed by atoms with Crippen LogP contribution in [0, 0.1) is 0 Å². The van der Waals surface area contributed by atoms with Gasteiger partial charge in [0.2, 0.25) is 5.91 Å². The van der Waals surface area contributed by atoms with Gasteiger partial charge in [0.25, 0.3) is 0 Å². The molecule has 1 saturated heterocycles. The van der Waals surface area contributed by atoms with Crippen molar-refractivity contribution in [2.75, 3.05) is 26.3 Å². The van der Waals surface area contributed by atoms with Crippen molar-refractivity contribution in [2.45, 2.75) is 32.7 Å². The Bertz CT molecular complexity index is 1010. The third-order valence-electron chi connectivity index (χ3n) is 5.60. The predicted octanol–water partition coefficient (Wildman–Crippen LogP) is 4.59. The third kappa shape index (κ3) is 4.79. The molecule has 0 atom stereocenters. The van der Waals surface area contributed by atoms with Crippen molar-refractivity contribution in [3.8, 4) is 0 Å². The molecule has 0 unspecified atom stereocenters. The molecular formula is C25H29N3O2. The summed E-state index contributed by atoms with van der Waals surface area (Å²) < 4.78 is 7.39. The number of carbonyl (C=O) groups excluding carboxylic acids is 1. The Kier molecular flexibility index (Phi) is 6.60. The van der Waals surface area contributed by atoms with Crippen LogP contribution in [0.5, 0.6) is 0 Å². The Balaban J connectivity index is 1.53. The number of fused-ring (bicyclic) bond motifs is 1. The SMILES string of the molecule is CCCCc1ccc(N=Cc2cn(CC(=O)N3CCOCC3)c3ccccc23)cc1. The molecule has 0 bridgehead atoms. The largest absolute Gasteiger partial charge is 0.378 e. The van der Waals surface area contributed by atoms with Crippen LogP contribution in [0.2, 0.25) is 0 Å². The van der Waals surface area contributed by atoms with E-state index in [9.17, 15) is 4.79 Å². The number of aliphatic imine (C=N–C) groups is 1. The fourth-order valence-electron chi connectivity index (χ4n) is 3.84. The van der Waals surface area contributed by atoms with Gasteiger partial charge < -0.3 is 14.2 Å². The van der Waals surface area contributed by atoms with Crippen LogP contribution < -0.4 is 0 Å². The molecule has 0 spiro atoms. The van der Waals surface area contributed by atoms with Crippen molar-refractivity contribution in [3.63, 3.8) is 0 Å². The highest BCUT2D eigenvalue weighted by molar-refractivity contribution is 6.00. The number of nitrogens with zero attached hydrogens (tertiary/aromatic N) is 3. The number of morpholine rings is 1. The quantitative estimate of drug-likeness (QED) is 0.542. The molecule has 5 nitrogen and oxygen atoms in total. The van der Waals surface area contributed by atoms with Gasteiger partial charge in [-0.1, -0.05) is 43.7 Å². The molecule has 2 aromatic carbocycles. The molecule has 0 saturated carbocycles. The minimum absolute atomic E-state index is 0.130. The number of hydrogen-bond donors (Lipinski definition) is 0. The van der Waals surface area contributed by atoms with Gasteiger partial charge in [-0.25, -0.2) is 0 Å². The van der Waals surface area contributed by atoms with E-state index in [1.807, 2.05) is 34.0 Å². The summed E-state index contributed by atoms with van der Waals surface area (Å²) in [4.78, 5) is 19.3. The maximum atomic E-state index is 12.7. The molecule has 156 valence electrons. The molecular weight excluding hydrogens is 374 g/mol. The van der Waals surface area contributed by atoms with Crippen molar-refractivity contribution in [1.29, 1.82) is 0 Å². The Morgan fingerprint density at radius 2 is 1.87 bits per heavy atom. The smallest absolute Gasteiger partial charge is 0.242 e. The van der Waals surface area contributed by atoms with Crippen molar-refractivity contribution in [1.82, 2.24) is 9.47 Å². The minimum Gasteiger partial charge on any atom is -0.378 e. The van der Waals surface area contributed by atoms with Gasteiger partial charge in [0.05, 0.1) is 18.9 Å². The number of carbonyl (C=O) groups is 1. The molecule has 1 aliphatic rings. The van der Waals surface area contributed by atoms with Crippen LogP contribution in [0.3, 0.4) is 0 Å². The molecule has 1 amide bonds. The lowest BCUT2D eigenvalue weighted by Gasteiger charge is -2.27. The first-order chi connectivity index (χ1) is 14.7. The van der Waals surface area contributed by atoms with Gasteiger partial charge in [-0.05, 0) is 36.6 Å².